The van der Waals surface area contributed by atoms with Gasteiger partial charge < -0.3 is 9.72 Å². The molecule has 1 aliphatic carbocycles. The topological polar surface area (TPSA) is 37.9 Å². The molecule has 1 fully saturated rings. The van der Waals surface area contributed by atoms with Crippen LogP contribution in [0.2, 0.25) is 0 Å². The Balaban J connectivity index is 2.41. The van der Waals surface area contributed by atoms with E-state index in [1.165, 1.54) is 0 Å². The molecule has 1 saturated carbocycles. The zero-order chi connectivity index (χ0) is 15.0. The van der Waals surface area contributed by atoms with Crippen LogP contribution in [-0.4, -0.2) is 17.1 Å². The number of aromatic nitrogens is 2. The van der Waals surface area contributed by atoms with Crippen molar-refractivity contribution >= 4 is 12.2 Å². The number of ether oxygens (including phenoxy) is 1. The summed E-state index contributed by atoms with van der Waals surface area (Å²) in [4.78, 5) is 8.11. The molecule has 1 aromatic heterocycles. The normalized spacial score (nSPS) is 20.9. The minimum absolute atomic E-state index is 0.292. The number of hydrogen-bond acceptors (Lipinski definition) is 3. The van der Waals surface area contributed by atoms with Crippen LogP contribution < -0.4 is 0 Å². The van der Waals surface area contributed by atoms with Crippen LogP contribution in [0.15, 0.2) is 0 Å². The lowest BCUT2D eigenvalue weighted by Gasteiger charge is -2.42. The van der Waals surface area contributed by atoms with Gasteiger partial charge in [-0.05, 0) is 44.4 Å². The Kier molecular flexibility index (Phi) is 4.35. The van der Waals surface area contributed by atoms with Crippen LogP contribution >= 0.6 is 12.2 Å². The lowest BCUT2D eigenvalue weighted by atomic mass is 9.70. The maximum absolute atomic E-state index is 5.90. The van der Waals surface area contributed by atoms with Crippen LogP contribution in [0.3, 0.4) is 0 Å². The zero-order valence-corrected chi connectivity index (χ0v) is 14.1. The molecule has 1 aliphatic rings. The van der Waals surface area contributed by atoms with E-state index in [0.717, 1.165) is 53.8 Å². The highest BCUT2D eigenvalue weighted by Gasteiger charge is 2.41. The lowest BCUT2D eigenvalue weighted by molar-refractivity contribution is -0.0731. The first kappa shape index (κ1) is 15.6. The van der Waals surface area contributed by atoms with Gasteiger partial charge in [-0.1, -0.05) is 33.0 Å². The minimum atomic E-state index is -0.292. The van der Waals surface area contributed by atoms with Gasteiger partial charge >= 0.3 is 0 Å². The summed E-state index contributed by atoms with van der Waals surface area (Å²) < 4.78 is 6.62. The monoisotopic (exact) mass is 294 g/mol. The fourth-order valence-electron chi connectivity index (χ4n) is 3.11. The molecule has 112 valence electrons. The summed E-state index contributed by atoms with van der Waals surface area (Å²) in [5.74, 6) is 0.912. The third-order valence-corrected chi connectivity index (χ3v) is 5.15. The Morgan fingerprint density at radius 1 is 1.25 bits per heavy atom. The van der Waals surface area contributed by atoms with E-state index in [-0.39, 0.29) is 5.60 Å². The van der Waals surface area contributed by atoms with E-state index in [1.54, 1.807) is 7.11 Å². The summed E-state index contributed by atoms with van der Waals surface area (Å²) in [7, 11) is 1.79. The maximum Gasteiger partial charge on any atom is 0.140 e. The fraction of sp³-hybridized carbons (Fsp3) is 0.750. The number of nitrogens with one attached hydrogen (secondary N) is 1. The number of hydrogen-bond donors (Lipinski definition) is 1. The fourth-order valence-corrected chi connectivity index (χ4v) is 3.50. The average molecular weight is 294 g/mol. The Labute approximate surface area is 127 Å². The third-order valence-electron chi connectivity index (χ3n) is 4.82. The zero-order valence-electron chi connectivity index (χ0n) is 13.3. The van der Waals surface area contributed by atoms with Gasteiger partial charge in [-0.25, -0.2) is 4.98 Å². The van der Waals surface area contributed by atoms with E-state index in [1.807, 2.05) is 0 Å². The molecule has 0 spiro atoms. The predicted octanol–water partition coefficient (Wildman–Crippen LogP) is 4.45. The van der Waals surface area contributed by atoms with E-state index in [4.69, 9.17) is 17.0 Å². The number of aromatic amines is 1. The lowest BCUT2D eigenvalue weighted by Crippen LogP contribution is -2.38. The first-order chi connectivity index (χ1) is 9.33. The summed E-state index contributed by atoms with van der Waals surface area (Å²) in [5.41, 5.74) is 2.38. The quantitative estimate of drug-likeness (QED) is 0.837. The standard InChI is InChI=1S/C16H26N2OS/c1-6-12-11(2)17-14(18-13(12)20)16(19-5)9-7-15(3,4)8-10-16/h6-10H2,1-5H3,(H,17,18,20). The Bertz CT molecular complexity index is 538. The van der Waals surface area contributed by atoms with E-state index >= 15 is 0 Å². The van der Waals surface area contributed by atoms with Gasteiger partial charge in [0.25, 0.3) is 0 Å². The summed E-state index contributed by atoms with van der Waals surface area (Å²) in [6.07, 6.45) is 5.22. The van der Waals surface area contributed by atoms with Gasteiger partial charge in [0.1, 0.15) is 16.1 Å². The van der Waals surface area contributed by atoms with Gasteiger partial charge in [-0.15, -0.1) is 0 Å². The van der Waals surface area contributed by atoms with E-state index in [0.29, 0.717) is 5.41 Å². The first-order valence-corrected chi connectivity index (χ1v) is 7.90. The summed E-state index contributed by atoms with van der Waals surface area (Å²) >= 11 is 5.45. The van der Waals surface area contributed by atoms with Crippen LogP contribution in [0.4, 0.5) is 0 Å². The molecule has 0 unspecified atom stereocenters. The van der Waals surface area contributed by atoms with Crippen molar-refractivity contribution in [1.82, 2.24) is 9.97 Å². The van der Waals surface area contributed by atoms with Crippen LogP contribution in [0.1, 0.15) is 63.5 Å². The van der Waals surface area contributed by atoms with Gasteiger partial charge in [-0.3, -0.25) is 0 Å². The van der Waals surface area contributed by atoms with Crippen molar-refractivity contribution in [3.8, 4) is 0 Å². The molecule has 1 heterocycles. The van der Waals surface area contributed by atoms with E-state index < -0.39 is 0 Å². The highest BCUT2D eigenvalue weighted by molar-refractivity contribution is 7.71. The second-order valence-electron chi connectivity index (χ2n) is 6.71. The van der Waals surface area contributed by atoms with Gasteiger partial charge in [0.15, 0.2) is 0 Å². The maximum atomic E-state index is 5.90. The Morgan fingerprint density at radius 2 is 1.85 bits per heavy atom. The molecule has 0 aromatic carbocycles. The van der Waals surface area contributed by atoms with Crippen LogP contribution in [0.5, 0.6) is 0 Å². The molecule has 0 bridgehead atoms. The number of aryl methyl sites for hydroxylation is 1. The van der Waals surface area contributed by atoms with Gasteiger partial charge in [-0.2, -0.15) is 0 Å². The number of methoxy groups -OCH3 is 1. The van der Waals surface area contributed by atoms with Gasteiger partial charge in [0, 0.05) is 18.4 Å². The second kappa shape index (κ2) is 5.57. The van der Waals surface area contributed by atoms with Gasteiger partial charge in [0.2, 0.25) is 0 Å². The van der Waals surface area contributed by atoms with Crippen molar-refractivity contribution in [3.63, 3.8) is 0 Å². The Hall–Kier alpha value is -0.740. The molecular formula is C16H26N2OS. The largest absolute Gasteiger partial charge is 0.370 e. The van der Waals surface area contributed by atoms with Crippen molar-refractivity contribution in [2.75, 3.05) is 7.11 Å². The second-order valence-corrected chi connectivity index (χ2v) is 7.10. The molecule has 1 N–H and O–H groups in total. The SMILES string of the molecule is CCc1c(C)[nH]c(C2(OC)CCC(C)(C)CC2)nc1=S. The van der Waals surface area contributed by atoms with Crippen molar-refractivity contribution < 1.29 is 4.74 Å². The summed E-state index contributed by atoms with van der Waals surface area (Å²) in [5, 5.41) is 0. The molecule has 0 atom stereocenters. The van der Waals surface area contributed by atoms with Crippen molar-refractivity contribution in [1.29, 1.82) is 0 Å². The van der Waals surface area contributed by atoms with E-state index in [2.05, 4.69) is 37.7 Å². The van der Waals surface area contributed by atoms with Gasteiger partial charge in [0.05, 0.1) is 0 Å². The summed E-state index contributed by atoms with van der Waals surface area (Å²) in [6, 6.07) is 0. The molecule has 2 rings (SSSR count). The number of nitrogens with zero attached hydrogens (tertiary/aromatic N) is 1. The smallest absolute Gasteiger partial charge is 0.140 e. The predicted molar refractivity (Wildman–Crippen MR) is 84.5 cm³/mol. The van der Waals surface area contributed by atoms with Crippen molar-refractivity contribution in [2.24, 2.45) is 5.41 Å². The van der Waals surface area contributed by atoms with Crippen LogP contribution in [0, 0.1) is 17.0 Å². The van der Waals surface area contributed by atoms with Crippen molar-refractivity contribution in [3.05, 3.63) is 21.7 Å². The van der Waals surface area contributed by atoms with Crippen LogP contribution in [0.25, 0.3) is 0 Å². The Morgan fingerprint density at radius 3 is 2.30 bits per heavy atom. The molecule has 3 nitrogen and oxygen atoms in total. The minimum Gasteiger partial charge on any atom is -0.370 e. The molecule has 0 aliphatic heterocycles. The highest BCUT2D eigenvalue weighted by Crippen LogP contribution is 2.46. The first-order valence-electron chi connectivity index (χ1n) is 7.49. The number of H-pyrrole nitrogens is 1. The number of rotatable bonds is 3. The molecule has 1 aromatic rings. The molecule has 4 heteroatoms. The summed E-state index contributed by atoms with van der Waals surface area (Å²) in [6.45, 7) is 8.85. The molecule has 0 radical (unpaired) electrons. The third kappa shape index (κ3) is 2.82. The highest BCUT2D eigenvalue weighted by atomic mass is 32.1. The van der Waals surface area contributed by atoms with E-state index in [9.17, 15) is 0 Å². The van der Waals surface area contributed by atoms with Crippen molar-refractivity contribution in [2.45, 2.75) is 65.4 Å². The molecular weight excluding hydrogens is 268 g/mol. The molecule has 0 amide bonds. The average Bonchev–Trinajstić information content (AvgIpc) is 2.39. The molecule has 0 saturated heterocycles. The molecule has 20 heavy (non-hydrogen) atoms. The van der Waals surface area contributed by atoms with Crippen LogP contribution in [-0.2, 0) is 16.8 Å².